The zero-order chi connectivity index (χ0) is 15.2. The second kappa shape index (κ2) is 6.64. The summed E-state index contributed by atoms with van der Waals surface area (Å²) in [5.74, 6) is 4.27. The van der Waals surface area contributed by atoms with Gasteiger partial charge in [-0.3, -0.25) is 9.78 Å². The van der Waals surface area contributed by atoms with E-state index in [9.17, 15) is 9.18 Å². The van der Waals surface area contributed by atoms with Gasteiger partial charge in [0.2, 0.25) is 0 Å². The molecule has 0 aliphatic heterocycles. The summed E-state index contributed by atoms with van der Waals surface area (Å²) in [6.45, 7) is 2.04. The molecule has 0 saturated heterocycles. The van der Waals surface area contributed by atoms with Crippen molar-refractivity contribution in [1.82, 2.24) is 4.98 Å². The monoisotopic (exact) mass is 283 g/mol. The highest BCUT2D eigenvalue weighted by atomic mass is 19.1. The largest absolute Gasteiger partial charge is 0.320 e. The number of hydrogen-bond acceptors (Lipinski definition) is 3. The van der Waals surface area contributed by atoms with Crippen molar-refractivity contribution in [3.8, 4) is 11.8 Å². The molecule has 1 heterocycles. The Kier molecular flexibility index (Phi) is 4.64. The van der Waals surface area contributed by atoms with Crippen LogP contribution in [0.4, 0.5) is 10.1 Å². The van der Waals surface area contributed by atoms with Crippen LogP contribution in [0.5, 0.6) is 0 Å². The molecule has 5 heteroatoms. The molecule has 0 spiro atoms. The van der Waals surface area contributed by atoms with Gasteiger partial charge in [-0.05, 0) is 37.3 Å². The first-order valence-electron chi connectivity index (χ1n) is 6.32. The van der Waals surface area contributed by atoms with Gasteiger partial charge in [-0.25, -0.2) is 4.39 Å². The summed E-state index contributed by atoms with van der Waals surface area (Å²) < 4.78 is 13.8. The molecular weight excluding hydrogens is 269 g/mol. The summed E-state index contributed by atoms with van der Waals surface area (Å²) in [7, 11) is 0. The van der Waals surface area contributed by atoms with E-state index in [1.807, 2.05) is 6.92 Å². The summed E-state index contributed by atoms with van der Waals surface area (Å²) in [4.78, 5) is 16.2. The van der Waals surface area contributed by atoms with E-state index in [0.29, 0.717) is 11.3 Å². The Morgan fingerprint density at radius 3 is 2.86 bits per heavy atom. The predicted molar refractivity (Wildman–Crippen MR) is 79.3 cm³/mol. The van der Waals surface area contributed by atoms with E-state index in [2.05, 4.69) is 22.1 Å². The number of rotatable bonds is 2. The third-order valence-corrected chi connectivity index (χ3v) is 2.72. The number of hydrogen-bond donors (Lipinski definition) is 2. The topological polar surface area (TPSA) is 68.0 Å². The highest BCUT2D eigenvalue weighted by Crippen LogP contribution is 2.13. The van der Waals surface area contributed by atoms with E-state index in [-0.39, 0.29) is 12.1 Å². The predicted octanol–water partition coefficient (Wildman–Crippen LogP) is 2.09. The Bertz CT molecular complexity index is 715. The molecule has 0 atom stereocenters. The second-order valence-corrected chi connectivity index (χ2v) is 4.34. The number of amides is 1. The summed E-state index contributed by atoms with van der Waals surface area (Å²) in [6.07, 6.45) is 1.52. The number of aromatic nitrogens is 1. The highest BCUT2D eigenvalue weighted by Gasteiger charge is 2.12. The van der Waals surface area contributed by atoms with Gasteiger partial charge in [0.25, 0.3) is 5.91 Å². The van der Waals surface area contributed by atoms with Crippen LogP contribution in [0.25, 0.3) is 0 Å². The minimum Gasteiger partial charge on any atom is -0.320 e. The van der Waals surface area contributed by atoms with Gasteiger partial charge < -0.3 is 11.1 Å². The van der Waals surface area contributed by atoms with Crippen molar-refractivity contribution in [2.75, 3.05) is 11.9 Å². The average Bonchev–Trinajstić information content (AvgIpc) is 2.48. The Balaban J connectivity index is 2.23. The molecule has 3 N–H and O–H groups in total. The second-order valence-electron chi connectivity index (χ2n) is 4.34. The molecule has 1 amide bonds. The number of halogens is 1. The van der Waals surface area contributed by atoms with Crippen LogP contribution in [0.2, 0.25) is 0 Å². The molecule has 0 aliphatic rings. The van der Waals surface area contributed by atoms with Crippen molar-refractivity contribution in [3.63, 3.8) is 0 Å². The van der Waals surface area contributed by atoms with E-state index < -0.39 is 11.7 Å². The first-order chi connectivity index (χ1) is 10.1. The fourth-order valence-electron chi connectivity index (χ4n) is 1.67. The van der Waals surface area contributed by atoms with Crippen LogP contribution >= 0.6 is 0 Å². The molecule has 4 nitrogen and oxygen atoms in total. The molecule has 0 bridgehead atoms. The zero-order valence-electron chi connectivity index (χ0n) is 11.5. The first-order valence-corrected chi connectivity index (χ1v) is 6.32. The Labute approximate surface area is 122 Å². The van der Waals surface area contributed by atoms with Gasteiger partial charge in [-0.1, -0.05) is 11.8 Å². The third-order valence-electron chi connectivity index (χ3n) is 2.72. The Morgan fingerprint density at radius 1 is 1.38 bits per heavy atom. The number of pyridine rings is 1. The molecule has 0 radical (unpaired) electrons. The molecule has 1 aromatic carbocycles. The molecule has 2 aromatic rings. The van der Waals surface area contributed by atoms with Crippen LogP contribution in [0.3, 0.4) is 0 Å². The third kappa shape index (κ3) is 3.88. The number of anilines is 1. The maximum Gasteiger partial charge on any atom is 0.258 e. The molecule has 1 aromatic heterocycles. The van der Waals surface area contributed by atoms with Crippen molar-refractivity contribution in [3.05, 3.63) is 59.2 Å². The maximum absolute atomic E-state index is 13.8. The van der Waals surface area contributed by atoms with E-state index in [4.69, 9.17) is 5.73 Å². The fourth-order valence-corrected chi connectivity index (χ4v) is 1.67. The molecule has 0 fully saturated rings. The van der Waals surface area contributed by atoms with Gasteiger partial charge in [-0.2, -0.15) is 0 Å². The number of nitrogens with zero attached hydrogens (tertiary/aromatic N) is 1. The summed E-state index contributed by atoms with van der Waals surface area (Å²) >= 11 is 0. The van der Waals surface area contributed by atoms with Crippen molar-refractivity contribution in [2.45, 2.75) is 6.92 Å². The zero-order valence-corrected chi connectivity index (χ0v) is 11.5. The molecule has 106 valence electrons. The van der Waals surface area contributed by atoms with Crippen LogP contribution in [0, 0.1) is 24.6 Å². The van der Waals surface area contributed by atoms with E-state index in [0.717, 1.165) is 5.69 Å². The Hall–Kier alpha value is -2.71. The number of nitrogens with two attached hydrogens (primary N) is 1. The minimum absolute atomic E-state index is 0.0700. The van der Waals surface area contributed by atoms with Gasteiger partial charge in [0, 0.05) is 11.3 Å². The van der Waals surface area contributed by atoms with E-state index in [1.165, 1.54) is 24.4 Å². The van der Waals surface area contributed by atoms with E-state index in [1.54, 1.807) is 12.1 Å². The fraction of sp³-hybridized carbons (Fsp3) is 0.125. The molecule has 0 unspecified atom stereocenters. The van der Waals surface area contributed by atoms with Crippen molar-refractivity contribution in [1.29, 1.82) is 0 Å². The summed E-state index contributed by atoms with van der Waals surface area (Å²) in [6, 6.07) is 7.57. The van der Waals surface area contributed by atoms with Gasteiger partial charge in [0.15, 0.2) is 0 Å². The number of nitrogens with one attached hydrogen (secondary N) is 1. The van der Waals surface area contributed by atoms with Crippen molar-refractivity contribution in [2.24, 2.45) is 5.73 Å². The molecule has 2 rings (SSSR count). The lowest BCUT2D eigenvalue weighted by molar-refractivity contribution is 0.102. The van der Waals surface area contributed by atoms with Crippen LogP contribution in [0.15, 0.2) is 36.5 Å². The lowest BCUT2D eigenvalue weighted by atomic mass is 10.1. The summed E-state index contributed by atoms with van der Waals surface area (Å²) in [5, 5.41) is 2.60. The molecule has 0 saturated carbocycles. The average molecular weight is 283 g/mol. The number of benzene rings is 1. The summed E-state index contributed by atoms with van der Waals surface area (Å²) in [5.41, 5.74) is 7.09. The van der Waals surface area contributed by atoms with E-state index >= 15 is 0 Å². The molecular formula is C16H14FN3O. The van der Waals surface area contributed by atoms with Gasteiger partial charge in [0.1, 0.15) is 5.82 Å². The molecule has 21 heavy (non-hydrogen) atoms. The van der Waals surface area contributed by atoms with Crippen molar-refractivity contribution < 1.29 is 9.18 Å². The minimum atomic E-state index is -0.606. The van der Waals surface area contributed by atoms with Crippen LogP contribution in [0.1, 0.15) is 21.6 Å². The number of carbonyl (C=O) groups is 1. The SMILES string of the molecule is Cc1ccc(NC(=O)c2cc(C#CCN)ccc2F)cn1. The smallest absolute Gasteiger partial charge is 0.258 e. The van der Waals surface area contributed by atoms with Gasteiger partial charge >= 0.3 is 0 Å². The van der Waals surface area contributed by atoms with Crippen molar-refractivity contribution >= 4 is 11.6 Å². The molecule has 0 aliphatic carbocycles. The lowest BCUT2D eigenvalue weighted by Gasteiger charge is -2.06. The number of aryl methyl sites for hydroxylation is 1. The normalized spacial score (nSPS) is 9.67. The highest BCUT2D eigenvalue weighted by molar-refractivity contribution is 6.04. The Morgan fingerprint density at radius 2 is 2.19 bits per heavy atom. The lowest BCUT2D eigenvalue weighted by Crippen LogP contribution is -2.14. The number of carbonyl (C=O) groups excluding carboxylic acids is 1. The van der Waals surface area contributed by atoms with Gasteiger partial charge in [-0.15, -0.1) is 0 Å². The van der Waals surface area contributed by atoms with Crippen LogP contribution in [-0.2, 0) is 0 Å². The first kappa shape index (κ1) is 14.7. The quantitative estimate of drug-likeness (QED) is 0.829. The van der Waals surface area contributed by atoms with Crippen LogP contribution in [-0.4, -0.2) is 17.4 Å². The van der Waals surface area contributed by atoms with Crippen LogP contribution < -0.4 is 11.1 Å². The van der Waals surface area contributed by atoms with Gasteiger partial charge in [0.05, 0.1) is 24.0 Å². The maximum atomic E-state index is 13.8. The standard InChI is InChI=1S/C16H14FN3O/c1-11-4-6-13(10-19-11)20-16(21)14-9-12(3-2-8-18)5-7-15(14)17/h4-7,9-10H,8,18H2,1H3,(H,20,21).